The summed E-state index contributed by atoms with van der Waals surface area (Å²) in [4.78, 5) is 2.58. The average Bonchev–Trinajstić information content (AvgIpc) is 2.38. The second-order valence-corrected chi connectivity index (χ2v) is 6.97. The molecule has 0 spiro atoms. The fourth-order valence-electron chi connectivity index (χ4n) is 3.14. The van der Waals surface area contributed by atoms with Crippen molar-refractivity contribution in [2.75, 3.05) is 38.7 Å². The zero-order valence-electron chi connectivity index (χ0n) is 12.8. The molecule has 0 aromatic heterocycles. The van der Waals surface area contributed by atoms with E-state index in [4.69, 9.17) is 0 Å². The molecular weight excluding hydrogens is 240 g/mol. The van der Waals surface area contributed by atoms with Crippen LogP contribution in [0.15, 0.2) is 0 Å². The predicted octanol–water partition coefficient (Wildman–Crippen LogP) is 3.23. The highest BCUT2D eigenvalue weighted by Gasteiger charge is 2.33. The molecule has 0 aromatic rings. The average molecular weight is 273 g/mol. The molecule has 0 aliphatic heterocycles. The summed E-state index contributed by atoms with van der Waals surface area (Å²) in [5.41, 5.74) is 0.537. The second-order valence-electron chi connectivity index (χ2n) is 6.06. The summed E-state index contributed by atoms with van der Waals surface area (Å²) in [5.74, 6) is 1.24. The Morgan fingerprint density at radius 2 is 1.94 bits per heavy atom. The van der Waals surface area contributed by atoms with E-state index in [1.54, 1.807) is 0 Å². The molecule has 18 heavy (non-hydrogen) atoms. The summed E-state index contributed by atoms with van der Waals surface area (Å²) < 4.78 is 0. The van der Waals surface area contributed by atoms with Gasteiger partial charge in [-0.25, -0.2) is 0 Å². The molecule has 1 rings (SSSR count). The first-order chi connectivity index (χ1) is 8.63. The number of nitrogens with zero attached hydrogens (tertiary/aromatic N) is 1. The van der Waals surface area contributed by atoms with Gasteiger partial charge in [-0.05, 0) is 45.0 Å². The van der Waals surface area contributed by atoms with Gasteiger partial charge in [-0.15, -0.1) is 0 Å². The van der Waals surface area contributed by atoms with Crippen LogP contribution in [0.1, 0.15) is 46.0 Å². The van der Waals surface area contributed by atoms with Crippen molar-refractivity contribution < 1.29 is 0 Å². The van der Waals surface area contributed by atoms with E-state index >= 15 is 0 Å². The number of thioether (sulfide) groups is 1. The van der Waals surface area contributed by atoms with E-state index in [2.05, 4.69) is 37.4 Å². The second kappa shape index (κ2) is 8.44. The molecule has 2 nitrogen and oxygen atoms in total. The fourth-order valence-corrected chi connectivity index (χ4v) is 3.87. The SMILES string of the molecule is CCNCC1(CN(C)C(C)CSC)CCCCC1. The molecular formula is C15H32N2S. The predicted molar refractivity (Wildman–Crippen MR) is 84.5 cm³/mol. The number of hydrogen-bond acceptors (Lipinski definition) is 3. The van der Waals surface area contributed by atoms with E-state index in [1.165, 1.54) is 50.9 Å². The van der Waals surface area contributed by atoms with E-state index in [-0.39, 0.29) is 0 Å². The van der Waals surface area contributed by atoms with Gasteiger partial charge in [-0.3, -0.25) is 0 Å². The lowest BCUT2D eigenvalue weighted by atomic mass is 9.73. The maximum atomic E-state index is 3.60. The summed E-state index contributed by atoms with van der Waals surface area (Å²) in [6, 6.07) is 0.695. The van der Waals surface area contributed by atoms with Crippen LogP contribution < -0.4 is 5.32 Å². The summed E-state index contributed by atoms with van der Waals surface area (Å²) in [6.45, 7) is 8.16. The normalized spacial score (nSPS) is 21.2. The van der Waals surface area contributed by atoms with Crippen molar-refractivity contribution in [2.24, 2.45) is 5.41 Å². The molecule has 1 saturated carbocycles. The number of nitrogens with one attached hydrogen (secondary N) is 1. The Balaban J connectivity index is 2.54. The molecule has 3 heteroatoms. The third kappa shape index (κ3) is 5.10. The number of hydrogen-bond donors (Lipinski definition) is 1. The van der Waals surface area contributed by atoms with Crippen molar-refractivity contribution in [2.45, 2.75) is 52.0 Å². The van der Waals surface area contributed by atoms with Crippen molar-refractivity contribution in [1.82, 2.24) is 10.2 Å². The molecule has 0 amide bonds. The minimum absolute atomic E-state index is 0.537. The van der Waals surface area contributed by atoms with E-state index in [1.807, 2.05) is 11.8 Å². The van der Waals surface area contributed by atoms with Crippen molar-refractivity contribution in [3.63, 3.8) is 0 Å². The zero-order valence-corrected chi connectivity index (χ0v) is 13.6. The largest absolute Gasteiger partial charge is 0.316 e. The number of rotatable bonds is 8. The van der Waals surface area contributed by atoms with Crippen molar-refractivity contribution >= 4 is 11.8 Å². The summed E-state index contributed by atoms with van der Waals surface area (Å²) >= 11 is 1.96. The van der Waals surface area contributed by atoms with Gasteiger partial charge in [-0.2, -0.15) is 11.8 Å². The third-order valence-corrected chi connectivity index (χ3v) is 5.23. The van der Waals surface area contributed by atoms with E-state index in [0.29, 0.717) is 11.5 Å². The monoisotopic (exact) mass is 272 g/mol. The molecule has 0 bridgehead atoms. The lowest BCUT2D eigenvalue weighted by molar-refractivity contribution is 0.103. The smallest absolute Gasteiger partial charge is 0.0155 e. The van der Waals surface area contributed by atoms with E-state index < -0.39 is 0 Å². The highest BCUT2D eigenvalue weighted by Crippen LogP contribution is 2.36. The minimum Gasteiger partial charge on any atom is -0.316 e. The van der Waals surface area contributed by atoms with Gasteiger partial charge in [0.1, 0.15) is 0 Å². The quantitative estimate of drug-likeness (QED) is 0.730. The molecule has 1 N–H and O–H groups in total. The van der Waals surface area contributed by atoms with Gasteiger partial charge in [-0.1, -0.05) is 26.2 Å². The molecule has 1 atom stereocenters. The Hall–Kier alpha value is 0.270. The highest BCUT2D eigenvalue weighted by atomic mass is 32.2. The maximum Gasteiger partial charge on any atom is 0.0155 e. The van der Waals surface area contributed by atoms with E-state index in [0.717, 1.165) is 6.54 Å². The van der Waals surface area contributed by atoms with Gasteiger partial charge in [0.2, 0.25) is 0 Å². The maximum absolute atomic E-state index is 3.60. The molecule has 0 aromatic carbocycles. The van der Waals surface area contributed by atoms with Crippen LogP contribution in [0.3, 0.4) is 0 Å². The summed E-state index contributed by atoms with van der Waals surface area (Å²) in [6.07, 6.45) is 9.33. The van der Waals surface area contributed by atoms with Gasteiger partial charge >= 0.3 is 0 Å². The minimum atomic E-state index is 0.537. The molecule has 1 aliphatic rings. The van der Waals surface area contributed by atoms with Gasteiger partial charge in [0.15, 0.2) is 0 Å². The van der Waals surface area contributed by atoms with Crippen LogP contribution in [0.25, 0.3) is 0 Å². The zero-order chi connectivity index (χ0) is 13.4. The molecule has 1 aliphatic carbocycles. The van der Waals surface area contributed by atoms with Crippen LogP contribution in [0, 0.1) is 5.41 Å². The Bertz CT molecular complexity index is 215. The molecule has 0 radical (unpaired) electrons. The molecule has 0 heterocycles. The first-order valence-corrected chi connectivity index (χ1v) is 8.93. The Kier molecular flexibility index (Phi) is 7.66. The van der Waals surface area contributed by atoms with Gasteiger partial charge in [0.25, 0.3) is 0 Å². The first kappa shape index (κ1) is 16.3. The third-order valence-electron chi connectivity index (χ3n) is 4.41. The molecule has 1 fully saturated rings. The molecule has 0 saturated heterocycles. The lowest BCUT2D eigenvalue weighted by Crippen LogP contribution is -2.47. The Labute approximate surface area is 118 Å². The van der Waals surface area contributed by atoms with Crippen LogP contribution in [0.2, 0.25) is 0 Å². The standard InChI is InChI=1S/C15H32N2S/c1-5-16-12-15(9-7-6-8-10-15)13-17(3)14(2)11-18-4/h14,16H,5-13H2,1-4H3. The van der Waals surface area contributed by atoms with Gasteiger partial charge in [0, 0.05) is 24.9 Å². The summed E-state index contributed by atoms with van der Waals surface area (Å²) in [5, 5.41) is 3.60. The van der Waals surface area contributed by atoms with Crippen molar-refractivity contribution in [3.05, 3.63) is 0 Å². The van der Waals surface area contributed by atoms with Crippen molar-refractivity contribution in [1.29, 1.82) is 0 Å². The molecule has 108 valence electrons. The molecule has 1 unspecified atom stereocenters. The first-order valence-electron chi connectivity index (χ1n) is 7.53. The van der Waals surface area contributed by atoms with Crippen LogP contribution in [0.4, 0.5) is 0 Å². The fraction of sp³-hybridized carbons (Fsp3) is 1.00. The van der Waals surface area contributed by atoms with Gasteiger partial charge < -0.3 is 10.2 Å². The van der Waals surface area contributed by atoms with Crippen LogP contribution in [-0.4, -0.2) is 49.6 Å². The topological polar surface area (TPSA) is 15.3 Å². The summed E-state index contributed by atoms with van der Waals surface area (Å²) in [7, 11) is 2.31. The highest BCUT2D eigenvalue weighted by molar-refractivity contribution is 7.98. The van der Waals surface area contributed by atoms with Crippen LogP contribution in [0.5, 0.6) is 0 Å². The Morgan fingerprint density at radius 3 is 2.50 bits per heavy atom. The Morgan fingerprint density at radius 1 is 1.28 bits per heavy atom. The van der Waals surface area contributed by atoms with Crippen molar-refractivity contribution in [3.8, 4) is 0 Å². The lowest BCUT2D eigenvalue weighted by Gasteiger charge is -2.42. The van der Waals surface area contributed by atoms with Crippen LogP contribution >= 0.6 is 11.8 Å². The van der Waals surface area contributed by atoms with E-state index in [9.17, 15) is 0 Å². The van der Waals surface area contributed by atoms with Gasteiger partial charge in [0.05, 0.1) is 0 Å². The van der Waals surface area contributed by atoms with Crippen LogP contribution in [-0.2, 0) is 0 Å².